The summed E-state index contributed by atoms with van der Waals surface area (Å²) >= 11 is 2.51. The van der Waals surface area contributed by atoms with Crippen LogP contribution in [0.3, 0.4) is 0 Å². The van der Waals surface area contributed by atoms with Crippen LogP contribution >= 0.6 is 0 Å². The lowest BCUT2D eigenvalue weighted by Crippen LogP contribution is -2.41. The van der Waals surface area contributed by atoms with E-state index in [2.05, 4.69) is 67.3 Å². The molecule has 1 fully saturated rings. The first-order chi connectivity index (χ1) is 13.0. The Morgan fingerprint density at radius 3 is 2.70 bits per heavy atom. The first kappa shape index (κ1) is 18.2. The summed E-state index contributed by atoms with van der Waals surface area (Å²) in [5.41, 5.74) is 3.47. The van der Waals surface area contributed by atoms with Crippen LogP contribution in [0.2, 0.25) is 0 Å². The number of pyridine rings is 1. The number of aromatic nitrogens is 3. The summed E-state index contributed by atoms with van der Waals surface area (Å²) in [7, 11) is 4.30. The number of hydrogen-bond acceptors (Lipinski definition) is 5. The standard InChI is InChI=1S/C20H22N5O.Al/c1-24(2)15-7-11-25(12-8-15)16-3-4-17-18(13-16)23-20(22-17)19(26)14-5-9-21-10-6-14;/h3-6,9,13,15H,7-8,11-12H2,1-2H3,(H,22,23);. The monoisotopic (exact) mass is 375 g/mol. The van der Waals surface area contributed by atoms with E-state index >= 15 is 0 Å². The van der Waals surface area contributed by atoms with Gasteiger partial charge in [-0.05, 0) is 57.3 Å². The molecule has 1 aromatic carbocycles. The van der Waals surface area contributed by atoms with Gasteiger partial charge in [-0.1, -0.05) is 4.56 Å². The first-order valence-corrected chi connectivity index (χ1v) is 9.76. The van der Waals surface area contributed by atoms with Crippen LogP contribution in [0.5, 0.6) is 0 Å². The van der Waals surface area contributed by atoms with Crippen molar-refractivity contribution in [3.63, 3.8) is 0 Å². The van der Waals surface area contributed by atoms with Crippen molar-refractivity contribution in [2.24, 2.45) is 0 Å². The van der Waals surface area contributed by atoms with Gasteiger partial charge in [-0.25, -0.2) is 4.98 Å². The quantitative estimate of drug-likeness (QED) is 0.553. The lowest BCUT2D eigenvalue weighted by molar-refractivity contribution is 0.103. The number of ketones is 1. The van der Waals surface area contributed by atoms with Gasteiger partial charge in [0.2, 0.25) is 22.1 Å². The summed E-state index contributed by atoms with van der Waals surface area (Å²) in [6.45, 7) is 2.09. The SMILES string of the molecule is CN(C)C1CCN(c2ccc3nc(C(=O)c4ccn[c]([Al])c4)[nH]c3c2)CC1. The lowest BCUT2D eigenvalue weighted by Gasteiger charge is -2.36. The Morgan fingerprint density at radius 1 is 1.22 bits per heavy atom. The van der Waals surface area contributed by atoms with Gasteiger partial charge >= 0.3 is 0 Å². The van der Waals surface area contributed by atoms with Crippen molar-refractivity contribution in [1.29, 1.82) is 0 Å². The normalized spacial score (nSPS) is 15.6. The smallest absolute Gasteiger partial charge is 0.228 e. The van der Waals surface area contributed by atoms with Gasteiger partial charge in [-0.2, -0.15) is 0 Å². The van der Waals surface area contributed by atoms with Crippen LogP contribution in [0.15, 0.2) is 36.5 Å². The number of hydrogen-bond donors (Lipinski definition) is 1. The number of benzene rings is 1. The van der Waals surface area contributed by atoms with Gasteiger partial charge in [0, 0.05) is 36.6 Å². The molecule has 0 saturated carbocycles. The average Bonchev–Trinajstić information content (AvgIpc) is 3.10. The molecule has 1 saturated heterocycles. The second-order valence-electron chi connectivity index (χ2n) is 7.27. The van der Waals surface area contributed by atoms with Gasteiger partial charge in [-0.15, -0.1) is 0 Å². The fourth-order valence-corrected chi connectivity index (χ4v) is 3.93. The summed E-state index contributed by atoms with van der Waals surface area (Å²) < 4.78 is 0.736. The fourth-order valence-electron chi connectivity index (χ4n) is 3.67. The van der Waals surface area contributed by atoms with Gasteiger partial charge in [0.15, 0.2) is 5.82 Å². The molecule has 6 nitrogen and oxygen atoms in total. The van der Waals surface area contributed by atoms with Gasteiger partial charge < -0.3 is 14.8 Å². The molecule has 3 heterocycles. The zero-order chi connectivity index (χ0) is 19.0. The number of piperidine rings is 1. The van der Waals surface area contributed by atoms with E-state index < -0.39 is 0 Å². The number of fused-ring (bicyclic) bond motifs is 1. The van der Waals surface area contributed by atoms with E-state index in [1.807, 2.05) is 6.07 Å². The molecule has 4 rings (SSSR count). The molecular weight excluding hydrogens is 353 g/mol. The van der Waals surface area contributed by atoms with Gasteiger partial charge in [0.1, 0.15) is 0 Å². The molecule has 3 aromatic rings. The molecule has 0 bridgehead atoms. The maximum Gasteiger partial charge on any atom is 0.228 e. The predicted octanol–water partition coefficient (Wildman–Crippen LogP) is 1.51. The largest absolute Gasteiger partial charge is 0.371 e. The molecule has 0 unspecified atom stereocenters. The zero-order valence-electron chi connectivity index (χ0n) is 15.6. The molecule has 0 amide bonds. The van der Waals surface area contributed by atoms with Crippen LogP contribution in [0.25, 0.3) is 11.0 Å². The molecule has 0 spiro atoms. The fraction of sp³-hybridized carbons (Fsp3) is 0.350. The number of aromatic amines is 1. The minimum Gasteiger partial charge on any atom is -0.371 e. The predicted molar refractivity (Wildman–Crippen MR) is 108 cm³/mol. The molecule has 136 valence electrons. The summed E-state index contributed by atoms with van der Waals surface area (Å²) in [6.07, 6.45) is 3.96. The number of nitrogens with one attached hydrogen (secondary N) is 1. The van der Waals surface area contributed by atoms with Crippen LogP contribution < -0.4 is 9.46 Å². The highest BCUT2D eigenvalue weighted by atomic mass is 27.0. The molecule has 2 radical (unpaired) electrons. The third kappa shape index (κ3) is 3.77. The Bertz CT molecular complexity index is 975. The van der Waals surface area contributed by atoms with E-state index in [4.69, 9.17) is 0 Å². The van der Waals surface area contributed by atoms with E-state index in [0.29, 0.717) is 17.4 Å². The number of H-pyrrole nitrogens is 1. The van der Waals surface area contributed by atoms with Crippen molar-refractivity contribution < 1.29 is 4.79 Å². The number of rotatable bonds is 4. The highest BCUT2D eigenvalue weighted by Crippen LogP contribution is 2.25. The Hall–Kier alpha value is -2.20. The number of anilines is 1. The minimum atomic E-state index is -0.120. The Morgan fingerprint density at radius 2 is 2.00 bits per heavy atom. The topological polar surface area (TPSA) is 65.1 Å². The Balaban J connectivity index is 1.56. The van der Waals surface area contributed by atoms with E-state index in [-0.39, 0.29) is 5.78 Å². The number of carbonyl (C=O) groups excluding carboxylic acids is 1. The van der Waals surface area contributed by atoms with Crippen molar-refractivity contribution in [3.8, 4) is 0 Å². The summed E-state index contributed by atoms with van der Waals surface area (Å²) in [4.78, 5) is 29.2. The van der Waals surface area contributed by atoms with Crippen LogP contribution in [-0.2, 0) is 0 Å². The number of carbonyl (C=O) groups is 1. The van der Waals surface area contributed by atoms with Crippen molar-refractivity contribution in [2.45, 2.75) is 18.9 Å². The highest BCUT2D eigenvalue weighted by Gasteiger charge is 2.21. The molecule has 1 aliphatic heterocycles. The van der Waals surface area contributed by atoms with Crippen molar-refractivity contribution >= 4 is 43.4 Å². The average molecular weight is 375 g/mol. The van der Waals surface area contributed by atoms with Crippen molar-refractivity contribution in [1.82, 2.24) is 19.9 Å². The molecular formula is C20H22AlN5O. The van der Waals surface area contributed by atoms with Gasteiger partial charge in [0.05, 0.1) is 11.0 Å². The molecule has 7 heteroatoms. The maximum absolute atomic E-state index is 12.7. The van der Waals surface area contributed by atoms with Crippen LogP contribution in [-0.4, -0.2) is 75.2 Å². The zero-order valence-corrected chi connectivity index (χ0v) is 16.8. The Kier molecular flexibility index (Phi) is 5.01. The second-order valence-corrected chi connectivity index (χ2v) is 7.86. The van der Waals surface area contributed by atoms with Gasteiger partial charge in [-0.3, -0.25) is 9.78 Å². The molecule has 1 aliphatic rings. The molecule has 2 aromatic heterocycles. The molecule has 0 aliphatic carbocycles. The van der Waals surface area contributed by atoms with E-state index in [9.17, 15) is 4.79 Å². The number of nitrogens with zero attached hydrogens (tertiary/aromatic N) is 4. The molecule has 1 N–H and O–H groups in total. The third-order valence-corrected chi connectivity index (χ3v) is 5.60. The van der Waals surface area contributed by atoms with Crippen molar-refractivity contribution in [3.05, 3.63) is 47.9 Å². The molecule has 27 heavy (non-hydrogen) atoms. The highest BCUT2D eigenvalue weighted by molar-refractivity contribution is 6.31. The number of imidazole rings is 1. The third-order valence-electron chi connectivity index (χ3n) is 5.28. The van der Waals surface area contributed by atoms with Crippen LogP contribution in [0, 0.1) is 0 Å². The summed E-state index contributed by atoms with van der Waals surface area (Å²) in [5, 5.41) is 0. The van der Waals surface area contributed by atoms with Crippen LogP contribution in [0.4, 0.5) is 5.69 Å². The van der Waals surface area contributed by atoms with Crippen molar-refractivity contribution in [2.75, 3.05) is 32.1 Å². The first-order valence-electron chi connectivity index (χ1n) is 9.18. The maximum atomic E-state index is 12.7. The lowest BCUT2D eigenvalue weighted by atomic mass is 10.0. The van der Waals surface area contributed by atoms with E-state index in [1.54, 1.807) is 18.3 Å². The minimum absolute atomic E-state index is 0.120. The van der Waals surface area contributed by atoms with Crippen LogP contribution in [0.1, 0.15) is 29.0 Å². The molecule has 0 atom stereocenters. The summed E-state index contributed by atoms with van der Waals surface area (Å²) in [5.74, 6) is 0.245. The van der Waals surface area contributed by atoms with E-state index in [0.717, 1.165) is 41.5 Å². The van der Waals surface area contributed by atoms with Gasteiger partial charge in [0.25, 0.3) is 0 Å². The second kappa shape index (κ2) is 7.43. The summed E-state index contributed by atoms with van der Waals surface area (Å²) in [6, 6.07) is 10.3. The Labute approximate surface area is 167 Å². The van der Waals surface area contributed by atoms with E-state index in [1.165, 1.54) is 5.69 Å².